The SMILES string of the molecule is CC(C)Oc1ncccc1CNC(=O)c1cc(=O)[nH]c2ccc(S(=O)(=O)N3CCOCC3)cc12. The number of H-pyrrole nitrogens is 1. The molecule has 0 atom stereocenters. The van der Waals surface area contributed by atoms with Crippen LogP contribution in [0.2, 0.25) is 0 Å². The molecule has 0 saturated carbocycles. The molecule has 0 spiro atoms. The molecule has 0 unspecified atom stereocenters. The monoisotopic (exact) mass is 486 g/mol. The fraction of sp³-hybridized carbons (Fsp3) is 0.348. The number of hydrogen-bond acceptors (Lipinski definition) is 7. The molecule has 1 saturated heterocycles. The third-order valence-corrected chi connectivity index (χ3v) is 7.20. The standard InChI is InChI=1S/C23H26N4O6S/c1-15(2)33-23-16(4-3-7-24-23)14-25-22(29)19-13-21(28)26-20-6-5-17(12-18(19)20)34(30,31)27-8-10-32-11-9-27/h3-7,12-13,15H,8-11,14H2,1-2H3,(H,25,29)(H,26,28). The Bertz CT molecular complexity index is 1360. The highest BCUT2D eigenvalue weighted by Gasteiger charge is 2.27. The van der Waals surface area contributed by atoms with E-state index >= 15 is 0 Å². The van der Waals surface area contributed by atoms with E-state index in [1.54, 1.807) is 18.3 Å². The topological polar surface area (TPSA) is 131 Å². The molecule has 2 aromatic heterocycles. The average molecular weight is 487 g/mol. The summed E-state index contributed by atoms with van der Waals surface area (Å²) in [7, 11) is -3.77. The molecule has 0 radical (unpaired) electrons. The molecule has 0 bridgehead atoms. The van der Waals surface area contributed by atoms with Crippen molar-refractivity contribution in [3.8, 4) is 5.88 Å². The fourth-order valence-corrected chi connectivity index (χ4v) is 5.11. The summed E-state index contributed by atoms with van der Waals surface area (Å²) >= 11 is 0. The smallest absolute Gasteiger partial charge is 0.252 e. The van der Waals surface area contributed by atoms with Crippen LogP contribution in [0.15, 0.2) is 52.3 Å². The summed E-state index contributed by atoms with van der Waals surface area (Å²) in [6.07, 6.45) is 1.51. The van der Waals surface area contributed by atoms with Crippen molar-refractivity contribution in [3.63, 3.8) is 0 Å². The van der Waals surface area contributed by atoms with Crippen molar-refractivity contribution in [1.82, 2.24) is 19.6 Å². The number of amides is 1. The molecule has 3 aromatic rings. The van der Waals surface area contributed by atoms with Crippen molar-refractivity contribution in [3.05, 3.63) is 64.1 Å². The van der Waals surface area contributed by atoms with Crippen LogP contribution in [0.1, 0.15) is 29.8 Å². The number of ether oxygens (including phenoxy) is 2. The summed E-state index contributed by atoms with van der Waals surface area (Å²) in [6.45, 7) is 5.03. The number of pyridine rings is 2. The lowest BCUT2D eigenvalue weighted by atomic mass is 10.1. The molecule has 1 fully saturated rings. The number of rotatable bonds is 7. The first-order chi connectivity index (χ1) is 16.3. The summed E-state index contributed by atoms with van der Waals surface area (Å²) in [4.78, 5) is 32.2. The first-order valence-electron chi connectivity index (χ1n) is 10.9. The molecule has 1 amide bonds. The van der Waals surface area contributed by atoms with Crippen LogP contribution in [0, 0.1) is 0 Å². The van der Waals surface area contributed by atoms with Gasteiger partial charge in [-0.05, 0) is 38.1 Å². The molecule has 180 valence electrons. The van der Waals surface area contributed by atoms with E-state index in [-0.39, 0.29) is 36.2 Å². The third-order valence-electron chi connectivity index (χ3n) is 5.30. The van der Waals surface area contributed by atoms with Crippen LogP contribution in [-0.4, -0.2) is 61.0 Å². The minimum Gasteiger partial charge on any atom is -0.475 e. The van der Waals surface area contributed by atoms with Gasteiger partial charge in [0, 0.05) is 48.4 Å². The van der Waals surface area contributed by atoms with Crippen molar-refractivity contribution in [2.45, 2.75) is 31.4 Å². The van der Waals surface area contributed by atoms with Crippen LogP contribution in [-0.2, 0) is 21.3 Å². The number of aromatic nitrogens is 2. The lowest BCUT2D eigenvalue weighted by molar-refractivity contribution is 0.0730. The summed E-state index contributed by atoms with van der Waals surface area (Å²) in [5, 5.41) is 3.11. The maximum Gasteiger partial charge on any atom is 0.252 e. The van der Waals surface area contributed by atoms with Gasteiger partial charge in [0.2, 0.25) is 21.5 Å². The molecule has 4 rings (SSSR count). The maximum atomic E-state index is 13.1. The van der Waals surface area contributed by atoms with E-state index in [9.17, 15) is 18.0 Å². The Hall–Kier alpha value is -3.28. The number of hydrogen-bond donors (Lipinski definition) is 2. The van der Waals surface area contributed by atoms with Crippen LogP contribution in [0.25, 0.3) is 10.9 Å². The van der Waals surface area contributed by atoms with Gasteiger partial charge in [-0.2, -0.15) is 4.31 Å². The Morgan fingerprint density at radius 3 is 2.74 bits per heavy atom. The number of carbonyl (C=O) groups excluding carboxylic acids is 1. The van der Waals surface area contributed by atoms with Gasteiger partial charge in [-0.15, -0.1) is 0 Å². The Labute approximate surface area is 197 Å². The highest BCUT2D eigenvalue weighted by atomic mass is 32.2. The summed E-state index contributed by atoms with van der Waals surface area (Å²) in [6, 6.07) is 9.03. The summed E-state index contributed by atoms with van der Waals surface area (Å²) < 4.78 is 38.5. The van der Waals surface area contributed by atoms with Gasteiger partial charge in [-0.3, -0.25) is 9.59 Å². The number of nitrogens with zero attached hydrogens (tertiary/aromatic N) is 2. The van der Waals surface area contributed by atoms with Crippen LogP contribution in [0.5, 0.6) is 5.88 Å². The molecule has 0 aliphatic carbocycles. The molecule has 2 N–H and O–H groups in total. The zero-order valence-electron chi connectivity index (χ0n) is 18.9. The Morgan fingerprint density at radius 2 is 2.00 bits per heavy atom. The van der Waals surface area contributed by atoms with Crippen molar-refractivity contribution >= 4 is 26.8 Å². The van der Waals surface area contributed by atoms with Gasteiger partial charge in [0.15, 0.2) is 0 Å². The van der Waals surface area contributed by atoms with Crippen LogP contribution < -0.4 is 15.6 Å². The molecule has 1 aromatic carbocycles. The van der Waals surface area contributed by atoms with Gasteiger partial charge in [-0.25, -0.2) is 13.4 Å². The second-order valence-electron chi connectivity index (χ2n) is 8.09. The van der Waals surface area contributed by atoms with Gasteiger partial charge in [0.05, 0.1) is 29.8 Å². The Morgan fingerprint density at radius 1 is 1.24 bits per heavy atom. The number of sulfonamides is 1. The lowest BCUT2D eigenvalue weighted by Crippen LogP contribution is -2.40. The van der Waals surface area contributed by atoms with Crippen LogP contribution in [0.3, 0.4) is 0 Å². The highest BCUT2D eigenvalue weighted by molar-refractivity contribution is 7.89. The zero-order valence-corrected chi connectivity index (χ0v) is 19.7. The fourth-order valence-electron chi connectivity index (χ4n) is 3.68. The predicted octanol–water partition coefficient (Wildman–Crippen LogP) is 1.66. The molecule has 34 heavy (non-hydrogen) atoms. The normalized spacial score (nSPS) is 14.9. The molecule has 1 aliphatic rings. The number of morpholine rings is 1. The number of benzene rings is 1. The van der Waals surface area contributed by atoms with Gasteiger partial charge >= 0.3 is 0 Å². The minimum atomic E-state index is -3.77. The molecule has 10 nitrogen and oxygen atoms in total. The first-order valence-corrected chi connectivity index (χ1v) is 12.3. The van der Waals surface area contributed by atoms with Crippen molar-refractivity contribution in [2.75, 3.05) is 26.3 Å². The number of nitrogens with one attached hydrogen (secondary N) is 2. The molecular formula is C23H26N4O6S. The van der Waals surface area contributed by atoms with Crippen molar-refractivity contribution in [2.24, 2.45) is 0 Å². The highest BCUT2D eigenvalue weighted by Crippen LogP contribution is 2.24. The van der Waals surface area contributed by atoms with Gasteiger partial charge in [-0.1, -0.05) is 6.07 Å². The van der Waals surface area contributed by atoms with E-state index in [2.05, 4.69) is 15.3 Å². The second kappa shape index (κ2) is 9.92. The molecule has 3 heterocycles. The van der Waals surface area contributed by atoms with E-state index in [1.807, 2.05) is 13.8 Å². The summed E-state index contributed by atoms with van der Waals surface area (Å²) in [5.74, 6) is -0.108. The van der Waals surface area contributed by atoms with E-state index in [4.69, 9.17) is 9.47 Å². The van der Waals surface area contributed by atoms with Gasteiger partial charge in [0.1, 0.15) is 0 Å². The van der Waals surface area contributed by atoms with Crippen LogP contribution >= 0.6 is 0 Å². The second-order valence-corrected chi connectivity index (χ2v) is 10.0. The first kappa shape index (κ1) is 23.9. The third kappa shape index (κ3) is 5.11. The average Bonchev–Trinajstić information content (AvgIpc) is 2.82. The predicted molar refractivity (Wildman–Crippen MR) is 125 cm³/mol. The van der Waals surface area contributed by atoms with E-state index in [0.717, 1.165) is 6.07 Å². The number of fused-ring (bicyclic) bond motifs is 1. The number of aromatic amines is 1. The lowest BCUT2D eigenvalue weighted by Gasteiger charge is -2.26. The largest absolute Gasteiger partial charge is 0.475 e. The van der Waals surface area contributed by atoms with Gasteiger partial charge in [0.25, 0.3) is 5.91 Å². The zero-order chi connectivity index (χ0) is 24.3. The van der Waals surface area contributed by atoms with E-state index in [0.29, 0.717) is 35.6 Å². The summed E-state index contributed by atoms with van der Waals surface area (Å²) in [5.41, 5.74) is 0.651. The molecule has 11 heteroatoms. The van der Waals surface area contributed by atoms with Crippen LogP contribution in [0.4, 0.5) is 0 Å². The van der Waals surface area contributed by atoms with Crippen molar-refractivity contribution in [1.29, 1.82) is 0 Å². The molecular weight excluding hydrogens is 460 g/mol. The number of carbonyl (C=O) groups is 1. The minimum absolute atomic E-state index is 0.0443. The van der Waals surface area contributed by atoms with Gasteiger partial charge < -0.3 is 19.8 Å². The quantitative estimate of drug-likeness (QED) is 0.519. The van der Waals surface area contributed by atoms with Crippen molar-refractivity contribution < 1.29 is 22.7 Å². The van der Waals surface area contributed by atoms with E-state index < -0.39 is 21.5 Å². The Kier molecular flexibility index (Phi) is 6.96. The molecule has 1 aliphatic heterocycles. The Balaban J connectivity index is 1.65. The van der Waals surface area contributed by atoms with E-state index in [1.165, 1.54) is 22.5 Å². The maximum absolute atomic E-state index is 13.1.